The Hall–Kier alpha value is -2.14. The number of hydrogen-bond acceptors (Lipinski definition) is 5. The minimum Gasteiger partial charge on any atom is -0.377 e. The summed E-state index contributed by atoms with van der Waals surface area (Å²) in [5, 5.41) is 6.55. The summed E-state index contributed by atoms with van der Waals surface area (Å²) < 4.78 is 5.11. The lowest BCUT2D eigenvalue weighted by Gasteiger charge is -2.09. The Kier molecular flexibility index (Phi) is 4.01. The van der Waals surface area contributed by atoms with Gasteiger partial charge in [-0.25, -0.2) is 9.97 Å². The molecule has 2 aromatic rings. The monoisotopic (exact) mass is 284 g/mol. The topological polar surface area (TPSA) is 59.1 Å². The molecule has 0 radical (unpaired) electrons. The molecule has 0 bridgehead atoms. The molecule has 0 aliphatic heterocycles. The van der Waals surface area contributed by atoms with Crippen LogP contribution in [-0.2, 0) is 11.3 Å². The van der Waals surface area contributed by atoms with Crippen molar-refractivity contribution in [3.63, 3.8) is 0 Å². The van der Waals surface area contributed by atoms with Gasteiger partial charge < -0.3 is 15.4 Å². The van der Waals surface area contributed by atoms with Gasteiger partial charge in [-0.15, -0.1) is 0 Å². The van der Waals surface area contributed by atoms with E-state index >= 15 is 0 Å². The number of nitrogens with one attached hydrogen (secondary N) is 2. The first kappa shape index (κ1) is 13.8. The zero-order chi connectivity index (χ0) is 14.7. The van der Waals surface area contributed by atoms with Gasteiger partial charge in [0, 0.05) is 32.2 Å². The van der Waals surface area contributed by atoms with Crippen molar-refractivity contribution in [3.05, 3.63) is 47.8 Å². The van der Waals surface area contributed by atoms with E-state index in [0.29, 0.717) is 24.4 Å². The molecule has 5 heteroatoms. The highest BCUT2D eigenvalue weighted by molar-refractivity contribution is 5.49. The first-order chi connectivity index (χ1) is 10.3. The molecular formula is C16H20N4O. The molecule has 0 amide bonds. The molecule has 1 fully saturated rings. The van der Waals surface area contributed by atoms with Crippen LogP contribution in [0, 0.1) is 0 Å². The molecule has 110 valence electrons. The van der Waals surface area contributed by atoms with Crippen LogP contribution in [0.2, 0.25) is 0 Å². The van der Waals surface area contributed by atoms with Crippen LogP contribution in [0.25, 0.3) is 0 Å². The van der Waals surface area contributed by atoms with Crippen LogP contribution >= 0.6 is 0 Å². The van der Waals surface area contributed by atoms with Gasteiger partial charge in [0.25, 0.3) is 0 Å². The average molecular weight is 284 g/mol. The van der Waals surface area contributed by atoms with E-state index < -0.39 is 0 Å². The summed E-state index contributed by atoms with van der Waals surface area (Å²) >= 11 is 0. The lowest BCUT2D eigenvalue weighted by atomic mass is 10.1. The minimum absolute atomic E-state index is 0.414. The third kappa shape index (κ3) is 3.31. The standard InChI is InChI=1S/C16H20N4O/c1-17-14-9-15(20-16(19-14)10-21-2)18-13-8-12(13)11-6-4-3-5-7-11/h3-7,9,12-13H,8,10H2,1-2H3,(H2,17,18,19,20). The number of ether oxygens (including phenoxy) is 1. The summed E-state index contributed by atoms with van der Waals surface area (Å²) in [4.78, 5) is 8.85. The minimum atomic E-state index is 0.414. The second-order valence-electron chi connectivity index (χ2n) is 5.24. The first-order valence-electron chi connectivity index (χ1n) is 7.16. The zero-order valence-electron chi connectivity index (χ0n) is 12.3. The van der Waals surface area contributed by atoms with Gasteiger partial charge >= 0.3 is 0 Å². The number of anilines is 2. The first-order valence-corrected chi connectivity index (χ1v) is 7.16. The zero-order valence-corrected chi connectivity index (χ0v) is 12.3. The molecule has 1 aliphatic rings. The number of methoxy groups -OCH3 is 1. The SMILES string of the molecule is CNc1cc(NC2CC2c2ccccc2)nc(COC)n1. The second kappa shape index (κ2) is 6.10. The van der Waals surface area contributed by atoms with Crippen LogP contribution in [0.3, 0.4) is 0 Å². The van der Waals surface area contributed by atoms with Gasteiger partial charge in [-0.3, -0.25) is 0 Å². The Bertz CT molecular complexity index is 602. The van der Waals surface area contributed by atoms with Crippen LogP contribution < -0.4 is 10.6 Å². The Morgan fingerprint density at radius 2 is 1.95 bits per heavy atom. The largest absolute Gasteiger partial charge is 0.377 e. The lowest BCUT2D eigenvalue weighted by molar-refractivity contribution is 0.178. The maximum Gasteiger partial charge on any atom is 0.158 e. The van der Waals surface area contributed by atoms with Crippen molar-refractivity contribution in [2.45, 2.75) is 25.0 Å². The summed E-state index contributed by atoms with van der Waals surface area (Å²) in [6, 6.07) is 13.0. The van der Waals surface area contributed by atoms with Gasteiger partial charge in [0.2, 0.25) is 0 Å². The number of nitrogens with zero attached hydrogens (tertiary/aromatic N) is 2. The highest BCUT2D eigenvalue weighted by Gasteiger charge is 2.38. The molecule has 1 heterocycles. The maximum atomic E-state index is 5.11. The highest BCUT2D eigenvalue weighted by atomic mass is 16.5. The lowest BCUT2D eigenvalue weighted by Crippen LogP contribution is -2.10. The normalized spacial score (nSPS) is 20.1. The van der Waals surface area contributed by atoms with Crippen molar-refractivity contribution in [1.82, 2.24) is 9.97 Å². The molecule has 2 N–H and O–H groups in total. The Morgan fingerprint density at radius 1 is 1.19 bits per heavy atom. The molecule has 5 nitrogen and oxygen atoms in total. The van der Waals surface area contributed by atoms with Gasteiger partial charge in [-0.2, -0.15) is 0 Å². The van der Waals surface area contributed by atoms with E-state index in [-0.39, 0.29) is 0 Å². The van der Waals surface area contributed by atoms with E-state index in [1.807, 2.05) is 13.1 Å². The van der Waals surface area contributed by atoms with Gasteiger partial charge in [-0.1, -0.05) is 30.3 Å². The summed E-state index contributed by atoms with van der Waals surface area (Å²) in [5.41, 5.74) is 1.38. The van der Waals surface area contributed by atoms with E-state index in [0.717, 1.165) is 18.1 Å². The fraction of sp³-hybridized carbons (Fsp3) is 0.375. The van der Waals surface area contributed by atoms with E-state index in [1.165, 1.54) is 5.56 Å². The summed E-state index contributed by atoms with van der Waals surface area (Å²) in [5.74, 6) is 2.91. The smallest absolute Gasteiger partial charge is 0.158 e. The Balaban J connectivity index is 1.70. The summed E-state index contributed by atoms with van der Waals surface area (Å²) in [7, 11) is 3.50. The van der Waals surface area contributed by atoms with E-state index in [2.05, 4.69) is 50.9 Å². The van der Waals surface area contributed by atoms with Gasteiger partial charge in [0.15, 0.2) is 5.82 Å². The van der Waals surface area contributed by atoms with Crippen molar-refractivity contribution in [2.75, 3.05) is 24.8 Å². The fourth-order valence-electron chi connectivity index (χ4n) is 2.51. The maximum absolute atomic E-state index is 5.11. The number of benzene rings is 1. The summed E-state index contributed by atoms with van der Waals surface area (Å²) in [6.45, 7) is 0.414. The third-order valence-electron chi connectivity index (χ3n) is 3.65. The number of hydrogen-bond donors (Lipinski definition) is 2. The van der Waals surface area contributed by atoms with Gasteiger partial charge in [0.05, 0.1) is 0 Å². The number of rotatable bonds is 6. The van der Waals surface area contributed by atoms with Crippen LogP contribution in [-0.4, -0.2) is 30.2 Å². The van der Waals surface area contributed by atoms with Crippen LogP contribution in [0.5, 0.6) is 0 Å². The molecule has 1 aromatic carbocycles. The highest BCUT2D eigenvalue weighted by Crippen LogP contribution is 2.42. The van der Waals surface area contributed by atoms with Crippen molar-refractivity contribution in [3.8, 4) is 0 Å². The van der Waals surface area contributed by atoms with E-state index in [4.69, 9.17) is 4.74 Å². The molecule has 2 atom stereocenters. The average Bonchev–Trinajstić information content (AvgIpc) is 3.27. The molecule has 2 unspecified atom stereocenters. The fourth-order valence-corrected chi connectivity index (χ4v) is 2.51. The molecule has 21 heavy (non-hydrogen) atoms. The molecule has 0 saturated heterocycles. The second-order valence-corrected chi connectivity index (χ2v) is 5.24. The third-order valence-corrected chi connectivity index (χ3v) is 3.65. The van der Waals surface area contributed by atoms with Gasteiger partial charge in [0.1, 0.15) is 18.2 Å². The molecule has 3 rings (SSSR count). The molecule has 0 spiro atoms. The van der Waals surface area contributed by atoms with Crippen molar-refractivity contribution >= 4 is 11.6 Å². The predicted molar refractivity (Wildman–Crippen MR) is 83.5 cm³/mol. The molecule has 1 saturated carbocycles. The Labute approximate surface area is 124 Å². The van der Waals surface area contributed by atoms with Crippen molar-refractivity contribution in [2.24, 2.45) is 0 Å². The quantitative estimate of drug-likeness (QED) is 0.854. The predicted octanol–water partition coefficient (Wildman–Crippen LogP) is 2.63. The number of aromatic nitrogens is 2. The van der Waals surface area contributed by atoms with E-state index in [9.17, 15) is 0 Å². The molecular weight excluding hydrogens is 264 g/mol. The van der Waals surface area contributed by atoms with Crippen LogP contribution in [0.1, 0.15) is 23.7 Å². The molecule has 1 aromatic heterocycles. The summed E-state index contributed by atoms with van der Waals surface area (Å²) in [6.07, 6.45) is 1.14. The Morgan fingerprint density at radius 3 is 2.67 bits per heavy atom. The van der Waals surface area contributed by atoms with E-state index in [1.54, 1.807) is 7.11 Å². The molecule has 1 aliphatic carbocycles. The van der Waals surface area contributed by atoms with Gasteiger partial charge in [-0.05, 0) is 12.0 Å². The van der Waals surface area contributed by atoms with Crippen LogP contribution in [0.4, 0.5) is 11.6 Å². The van der Waals surface area contributed by atoms with Crippen molar-refractivity contribution < 1.29 is 4.74 Å². The van der Waals surface area contributed by atoms with Crippen molar-refractivity contribution in [1.29, 1.82) is 0 Å². The van der Waals surface area contributed by atoms with Crippen LogP contribution in [0.15, 0.2) is 36.4 Å².